The molecule has 150 valence electrons. The fourth-order valence-corrected chi connectivity index (χ4v) is 2.96. The number of hydrogen-bond donors (Lipinski definition) is 1. The summed E-state index contributed by atoms with van der Waals surface area (Å²) in [5.41, 5.74) is -0.416. The Bertz CT molecular complexity index is 879. The van der Waals surface area contributed by atoms with Crippen LogP contribution in [-0.2, 0) is 4.79 Å². The molecule has 2 rings (SSSR count). The van der Waals surface area contributed by atoms with Crippen molar-refractivity contribution in [3.8, 4) is 0 Å². The van der Waals surface area contributed by atoms with Gasteiger partial charge in [-0.2, -0.15) is 0 Å². The number of nitrogens with zero attached hydrogens (tertiary/aromatic N) is 2. The molecular weight excluding hydrogens is 385 g/mol. The van der Waals surface area contributed by atoms with Crippen LogP contribution in [-0.4, -0.2) is 47.3 Å². The molecule has 8 heteroatoms. The van der Waals surface area contributed by atoms with E-state index in [1.165, 1.54) is 30.5 Å². The molecule has 1 N–H and O–H groups in total. The van der Waals surface area contributed by atoms with Gasteiger partial charge >= 0.3 is 0 Å². The van der Waals surface area contributed by atoms with Gasteiger partial charge in [-0.1, -0.05) is 25.4 Å². The van der Waals surface area contributed by atoms with E-state index in [0.29, 0.717) is 13.1 Å². The second kappa shape index (κ2) is 10.1. The first kappa shape index (κ1) is 21.8. The molecule has 2 aromatic rings. The van der Waals surface area contributed by atoms with E-state index in [1.807, 2.05) is 13.8 Å². The van der Waals surface area contributed by atoms with E-state index in [2.05, 4.69) is 10.2 Å². The zero-order valence-electron chi connectivity index (χ0n) is 15.8. The van der Waals surface area contributed by atoms with Crippen LogP contribution >= 0.6 is 11.6 Å². The van der Waals surface area contributed by atoms with Crippen molar-refractivity contribution in [3.05, 3.63) is 69.4 Å². The summed E-state index contributed by atoms with van der Waals surface area (Å²) < 4.78 is 14.2. The summed E-state index contributed by atoms with van der Waals surface area (Å²) in [6, 6.07) is 5.96. The molecule has 0 spiro atoms. The van der Waals surface area contributed by atoms with Gasteiger partial charge in [-0.25, -0.2) is 4.39 Å². The van der Waals surface area contributed by atoms with E-state index < -0.39 is 29.1 Å². The number of carbonyl (C=O) groups is 2. The third-order valence-corrected chi connectivity index (χ3v) is 4.65. The molecule has 1 unspecified atom stereocenters. The highest BCUT2D eigenvalue weighted by Gasteiger charge is 2.30. The largest absolute Gasteiger partial charge is 0.353 e. The summed E-state index contributed by atoms with van der Waals surface area (Å²) in [6.07, 6.45) is 1.25. The summed E-state index contributed by atoms with van der Waals surface area (Å²) in [5.74, 6) is -1.74. The van der Waals surface area contributed by atoms with Gasteiger partial charge < -0.3 is 10.2 Å². The zero-order chi connectivity index (χ0) is 20.7. The molecule has 1 atom stereocenters. The minimum atomic E-state index is -1.44. The van der Waals surface area contributed by atoms with Crippen LogP contribution in [0, 0.1) is 5.82 Å². The molecule has 0 fully saturated rings. The molecule has 0 saturated heterocycles. The number of Topliss-reactive ketones (excluding diaryl/α,β-unsaturated/α-hetero) is 1. The Labute approximate surface area is 167 Å². The van der Waals surface area contributed by atoms with Crippen molar-refractivity contribution < 1.29 is 14.0 Å². The van der Waals surface area contributed by atoms with E-state index in [4.69, 9.17) is 11.6 Å². The minimum absolute atomic E-state index is 0.122. The van der Waals surface area contributed by atoms with Crippen molar-refractivity contribution in [1.82, 2.24) is 14.8 Å². The third kappa shape index (κ3) is 5.50. The molecule has 0 aliphatic heterocycles. The first-order chi connectivity index (χ1) is 13.4. The van der Waals surface area contributed by atoms with Gasteiger partial charge in [0.25, 0.3) is 11.5 Å². The molecule has 0 aliphatic carbocycles. The van der Waals surface area contributed by atoms with Crippen LogP contribution in [0.1, 0.15) is 30.2 Å². The number of carbonyl (C=O) groups excluding carboxylic acids is 2. The highest BCUT2D eigenvalue weighted by atomic mass is 35.5. The Morgan fingerprint density at radius 2 is 1.79 bits per heavy atom. The molecule has 1 heterocycles. The maximum Gasteiger partial charge on any atom is 0.251 e. The smallest absolute Gasteiger partial charge is 0.251 e. The Kier molecular flexibility index (Phi) is 7.90. The fourth-order valence-electron chi connectivity index (χ4n) is 2.80. The van der Waals surface area contributed by atoms with Crippen molar-refractivity contribution in [3.63, 3.8) is 0 Å². The molecule has 0 radical (unpaired) electrons. The van der Waals surface area contributed by atoms with E-state index in [9.17, 15) is 18.8 Å². The highest BCUT2D eigenvalue weighted by molar-refractivity contribution is 6.30. The van der Waals surface area contributed by atoms with E-state index >= 15 is 0 Å². The maximum absolute atomic E-state index is 13.2. The van der Waals surface area contributed by atoms with E-state index in [-0.39, 0.29) is 10.6 Å². The number of nitrogens with one attached hydrogen (secondary N) is 1. The van der Waals surface area contributed by atoms with Gasteiger partial charge in [-0.15, -0.1) is 0 Å². The fraction of sp³-hybridized carbons (Fsp3) is 0.350. The Hall–Kier alpha value is -2.51. The molecule has 0 aliphatic rings. The summed E-state index contributed by atoms with van der Waals surface area (Å²) >= 11 is 5.96. The average molecular weight is 408 g/mol. The van der Waals surface area contributed by atoms with Crippen molar-refractivity contribution in [2.45, 2.75) is 19.9 Å². The molecule has 1 aromatic heterocycles. The number of benzene rings is 1. The SMILES string of the molecule is CCN(CC)CCNC(=O)C(C(=O)c1ccc(F)cc1)n1cc(Cl)ccc1=O. The number of hydrogen-bond acceptors (Lipinski definition) is 4. The second-order valence-electron chi connectivity index (χ2n) is 6.18. The topological polar surface area (TPSA) is 71.4 Å². The van der Waals surface area contributed by atoms with Gasteiger partial charge in [-0.05, 0) is 43.4 Å². The summed E-state index contributed by atoms with van der Waals surface area (Å²) in [6.45, 7) is 6.62. The van der Waals surface area contributed by atoms with Crippen LogP contribution in [0.3, 0.4) is 0 Å². The Balaban J connectivity index is 2.32. The second-order valence-corrected chi connectivity index (χ2v) is 6.62. The number of aromatic nitrogens is 1. The van der Waals surface area contributed by atoms with Crippen LogP contribution in [0.15, 0.2) is 47.4 Å². The normalized spacial score (nSPS) is 12.0. The van der Waals surface area contributed by atoms with Crippen molar-refractivity contribution in [2.75, 3.05) is 26.2 Å². The van der Waals surface area contributed by atoms with Gasteiger partial charge in [0.05, 0.1) is 5.02 Å². The molecule has 28 heavy (non-hydrogen) atoms. The third-order valence-electron chi connectivity index (χ3n) is 4.43. The molecule has 1 amide bonds. The summed E-state index contributed by atoms with van der Waals surface area (Å²) in [7, 11) is 0. The Morgan fingerprint density at radius 1 is 1.14 bits per heavy atom. The number of rotatable bonds is 9. The van der Waals surface area contributed by atoms with Gasteiger partial charge in [0.1, 0.15) is 5.82 Å². The molecule has 1 aromatic carbocycles. The van der Waals surface area contributed by atoms with Gasteiger partial charge in [0.15, 0.2) is 11.8 Å². The van der Waals surface area contributed by atoms with E-state index in [1.54, 1.807) is 0 Å². The Morgan fingerprint density at radius 3 is 2.39 bits per heavy atom. The average Bonchev–Trinajstić information content (AvgIpc) is 2.68. The van der Waals surface area contributed by atoms with Crippen LogP contribution < -0.4 is 10.9 Å². The first-order valence-corrected chi connectivity index (χ1v) is 9.42. The van der Waals surface area contributed by atoms with Crippen LogP contribution in [0.5, 0.6) is 0 Å². The zero-order valence-corrected chi connectivity index (χ0v) is 16.6. The standard InChI is InChI=1S/C20H23ClFN3O3/c1-3-24(4-2)12-11-23-20(28)18(25-13-15(21)7-10-17(25)26)19(27)14-5-8-16(22)9-6-14/h5-10,13,18H,3-4,11-12H2,1-2H3,(H,23,28). The van der Waals surface area contributed by atoms with Crippen LogP contribution in [0.4, 0.5) is 4.39 Å². The first-order valence-electron chi connectivity index (χ1n) is 9.04. The van der Waals surface area contributed by atoms with Crippen molar-refractivity contribution >= 4 is 23.3 Å². The molecule has 6 nitrogen and oxygen atoms in total. The van der Waals surface area contributed by atoms with Crippen LogP contribution in [0.25, 0.3) is 0 Å². The maximum atomic E-state index is 13.2. The predicted molar refractivity (Wildman–Crippen MR) is 106 cm³/mol. The predicted octanol–water partition coefficient (Wildman–Crippen LogP) is 2.52. The lowest BCUT2D eigenvalue weighted by Gasteiger charge is -2.21. The number of halogens is 2. The molecule has 0 bridgehead atoms. The molecular formula is C20H23ClFN3O3. The van der Waals surface area contributed by atoms with Crippen molar-refractivity contribution in [1.29, 1.82) is 0 Å². The number of pyridine rings is 1. The highest BCUT2D eigenvalue weighted by Crippen LogP contribution is 2.16. The van der Waals surface area contributed by atoms with Crippen LogP contribution in [0.2, 0.25) is 5.02 Å². The number of likely N-dealkylation sites (N-methyl/N-ethyl adjacent to an activating group) is 1. The van der Waals surface area contributed by atoms with E-state index in [0.717, 1.165) is 29.8 Å². The lowest BCUT2D eigenvalue weighted by Crippen LogP contribution is -2.43. The lowest BCUT2D eigenvalue weighted by atomic mass is 10.0. The number of ketones is 1. The monoisotopic (exact) mass is 407 g/mol. The molecule has 0 saturated carbocycles. The number of amides is 1. The quantitative estimate of drug-likeness (QED) is 0.512. The lowest BCUT2D eigenvalue weighted by molar-refractivity contribution is -0.123. The van der Waals surface area contributed by atoms with Crippen molar-refractivity contribution in [2.24, 2.45) is 0 Å². The minimum Gasteiger partial charge on any atom is -0.353 e. The summed E-state index contributed by atoms with van der Waals surface area (Å²) in [5, 5.41) is 2.93. The van der Waals surface area contributed by atoms with Gasteiger partial charge in [0.2, 0.25) is 0 Å². The van der Waals surface area contributed by atoms with Gasteiger partial charge in [0, 0.05) is 30.9 Å². The van der Waals surface area contributed by atoms with Gasteiger partial charge in [-0.3, -0.25) is 19.0 Å². The summed E-state index contributed by atoms with van der Waals surface area (Å²) in [4.78, 5) is 40.2.